The summed E-state index contributed by atoms with van der Waals surface area (Å²) in [7, 11) is 0. The van der Waals surface area contributed by atoms with Crippen molar-refractivity contribution < 1.29 is 9.53 Å². The molecule has 2 unspecified atom stereocenters. The molecule has 0 spiro atoms. The van der Waals surface area contributed by atoms with Gasteiger partial charge in [-0.2, -0.15) is 0 Å². The van der Waals surface area contributed by atoms with Crippen LogP contribution >= 0.6 is 0 Å². The maximum Gasteiger partial charge on any atom is 0.338 e. The average Bonchev–Trinajstić information content (AvgIpc) is 2.84. The van der Waals surface area contributed by atoms with Crippen molar-refractivity contribution >= 4 is 11.7 Å². The lowest BCUT2D eigenvalue weighted by Gasteiger charge is -2.31. The minimum atomic E-state index is -0.173. The second-order valence-corrected chi connectivity index (χ2v) is 6.49. The van der Waals surface area contributed by atoms with Gasteiger partial charge in [0.2, 0.25) is 0 Å². The van der Waals surface area contributed by atoms with Gasteiger partial charge in [-0.15, -0.1) is 0 Å². The zero-order valence-corrected chi connectivity index (χ0v) is 12.3. The molecule has 0 radical (unpaired) electrons. The van der Waals surface area contributed by atoms with E-state index >= 15 is 0 Å². The molecule has 2 aliphatic rings. The van der Waals surface area contributed by atoms with E-state index in [0.29, 0.717) is 17.4 Å². The van der Waals surface area contributed by atoms with E-state index in [0.717, 1.165) is 31.5 Å². The summed E-state index contributed by atoms with van der Waals surface area (Å²) in [5.74, 6) is 1.13. The number of esters is 1. The van der Waals surface area contributed by atoms with Crippen molar-refractivity contribution in [2.75, 3.05) is 11.9 Å². The fourth-order valence-corrected chi connectivity index (χ4v) is 3.61. The van der Waals surface area contributed by atoms with Gasteiger partial charge in [0.15, 0.2) is 0 Å². The summed E-state index contributed by atoms with van der Waals surface area (Å²) in [6.45, 7) is 5.46. The lowest BCUT2D eigenvalue weighted by atomic mass is 9.82. The van der Waals surface area contributed by atoms with Crippen molar-refractivity contribution in [1.82, 2.24) is 0 Å². The lowest BCUT2D eigenvalue weighted by Crippen LogP contribution is -2.28. The smallest absolute Gasteiger partial charge is 0.338 e. The van der Waals surface area contributed by atoms with Gasteiger partial charge in [-0.25, -0.2) is 4.79 Å². The van der Waals surface area contributed by atoms with Crippen molar-refractivity contribution in [3.8, 4) is 0 Å². The molecular formula is C17H23NO2. The maximum atomic E-state index is 12.3. The Kier molecular flexibility index (Phi) is 3.68. The Morgan fingerprint density at radius 1 is 1.20 bits per heavy atom. The van der Waals surface area contributed by atoms with Gasteiger partial charge in [-0.3, -0.25) is 0 Å². The van der Waals surface area contributed by atoms with Crippen molar-refractivity contribution in [3.63, 3.8) is 0 Å². The highest BCUT2D eigenvalue weighted by atomic mass is 16.5. The van der Waals surface area contributed by atoms with Crippen molar-refractivity contribution in [3.05, 3.63) is 29.3 Å². The van der Waals surface area contributed by atoms with E-state index < -0.39 is 0 Å². The molecule has 1 heterocycles. The maximum absolute atomic E-state index is 12.3. The molecule has 1 aromatic carbocycles. The predicted octanol–water partition coefficient (Wildman–Crippen LogP) is 3.64. The summed E-state index contributed by atoms with van der Waals surface area (Å²) in [6, 6.07) is 5.86. The van der Waals surface area contributed by atoms with Gasteiger partial charge >= 0.3 is 5.97 Å². The van der Waals surface area contributed by atoms with Crippen LogP contribution in [0.15, 0.2) is 18.2 Å². The van der Waals surface area contributed by atoms with Gasteiger partial charge in [0.25, 0.3) is 0 Å². The molecule has 3 heteroatoms. The molecule has 2 atom stereocenters. The number of ether oxygens (including phenoxy) is 1. The molecule has 1 saturated carbocycles. The molecule has 0 bridgehead atoms. The van der Waals surface area contributed by atoms with Crippen LogP contribution in [0.4, 0.5) is 5.69 Å². The number of hydrogen-bond donors (Lipinski definition) is 1. The van der Waals surface area contributed by atoms with Crippen LogP contribution in [0.3, 0.4) is 0 Å². The molecule has 20 heavy (non-hydrogen) atoms. The van der Waals surface area contributed by atoms with E-state index in [1.165, 1.54) is 12.0 Å². The largest absolute Gasteiger partial charge is 0.459 e. The summed E-state index contributed by atoms with van der Waals surface area (Å²) in [5.41, 5.74) is 3.05. The number of fused-ring (bicyclic) bond motifs is 1. The monoisotopic (exact) mass is 273 g/mol. The third-order valence-electron chi connectivity index (χ3n) is 4.46. The third-order valence-corrected chi connectivity index (χ3v) is 4.46. The van der Waals surface area contributed by atoms with E-state index in [2.05, 4.69) is 19.2 Å². The summed E-state index contributed by atoms with van der Waals surface area (Å²) in [5, 5.41) is 3.31. The summed E-state index contributed by atoms with van der Waals surface area (Å²) < 4.78 is 5.71. The standard InChI is InChI=1S/C17H23NO2/c1-11-7-12(2)9-15(8-11)20-17(19)14-4-3-13-5-6-18-16(13)10-14/h3-4,10-12,15,18H,5-9H2,1-2H3. The Morgan fingerprint density at radius 2 is 1.95 bits per heavy atom. The first-order valence-corrected chi connectivity index (χ1v) is 7.69. The summed E-state index contributed by atoms with van der Waals surface area (Å²) in [4.78, 5) is 12.3. The first-order chi connectivity index (χ1) is 9.61. The highest BCUT2D eigenvalue weighted by molar-refractivity contribution is 5.91. The first kappa shape index (κ1) is 13.5. The SMILES string of the molecule is CC1CC(C)CC(OC(=O)c2ccc3c(c2)NCC3)C1. The normalized spacial score (nSPS) is 28.6. The molecule has 108 valence electrons. The lowest BCUT2D eigenvalue weighted by molar-refractivity contribution is 0.00806. The van der Waals surface area contributed by atoms with E-state index in [1.807, 2.05) is 18.2 Å². The van der Waals surface area contributed by atoms with Crippen molar-refractivity contribution in [2.45, 2.75) is 45.6 Å². The molecule has 1 aliphatic heterocycles. The molecule has 0 saturated heterocycles. The Hall–Kier alpha value is -1.51. The van der Waals surface area contributed by atoms with E-state index in [9.17, 15) is 4.79 Å². The van der Waals surface area contributed by atoms with Crippen molar-refractivity contribution in [1.29, 1.82) is 0 Å². The van der Waals surface area contributed by atoms with Crippen LogP contribution in [0.5, 0.6) is 0 Å². The van der Waals surface area contributed by atoms with Gasteiger partial charge in [0.1, 0.15) is 6.10 Å². The third kappa shape index (κ3) is 2.82. The molecule has 3 rings (SSSR count). The molecule has 0 aromatic heterocycles. The average molecular weight is 273 g/mol. The predicted molar refractivity (Wildman–Crippen MR) is 80.0 cm³/mol. The number of hydrogen-bond acceptors (Lipinski definition) is 3. The number of anilines is 1. The molecular weight excluding hydrogens is 250 g/mol. The minimum absolute atomic E-state index is 0.0856. The molecule has 0 amide bonds. The van der Waals surface area contributed by atoms with Crippen LogP contribution in [0.25, 0.3) is 0 Å². The number of carbonyl (C=O) groups is 1. The minimum Gasteiger partial charge on any atom is -0.459 e. The number of rotatable bonds is 2. The second kappa shape index (κ2) is 5.47. The van der Waals surface area contributed by atoms with Crippen molar-refractivity contribution in [2.24, 2.45) is 11.8 Å². The van der Waals surface area contributed by atoms with Gasteiger partial charge in [0, 0.05) is 12.2 Å². The Morgan fingerprint density at radius 3 is 2.70 bits per heavy atom. The van der Waals surface area contributed by atoms with E-state index in [1.54, 1.807) is 0 Å². The fraction of sp³-hybridized carbons (Fsp3) is 0.588. The zero-order valence-electron chi connectivity index (χ0n) is 12.3. The second-order valence-electron chi connectivity index (χ2n) is 6.49. The number of nitrogens with one attached hydrogen (secondary N) is 1. The Balaban J connectivity index is 1.67. The van der Waals surface area contributed by atoms with Crippen LogP contribution in [0.2, 0.25) is 0 Å². The van der Waals surface area contributed by atoms with Gasteiger partial charge in [-0.05, 0) is 55.2 Å². The van der Waals surface area contributed by atoms with Crippen LogP contribution in [0.1, 0.15) is 49.0 Å². The van der Waals surface area contributed by atoms with E-state index in [4.69, 9.17) is 4.74 Å². The summed E-state index contributed by atoms with van der Waals surface area (Å²) in [6.07, 6.45) is 4.37. The molecule has 1 fully saturated rings. The summed E-state index contributed by atoms with van der Waals surface area (Å²) >= 11 is 0. The number of carbonyl (C=O) groups excluding carboxylic acids is 1. The highest BCUT2D eigenvalue weighted by Crippen LogP contribution is 2.31. The first-order valence-electron chi connectivity index (χ1n) is 7.69. The Labute approximate surface area is 120 Å². The molecule has 3 nitrogen and oxygen atoms in total. The highest BCUT2D eigenvalue weighted by Gasteiger charge is 2.27. The quantitative estimate of drug-likeness (QED) is 0.836. The van der Waals surface area contributed by atoms with E-state index in [-0.39, 0.29) is 12.1 Å². The van der Waals surface area contributed by atoms with Crippen LogP contribution in [-0.2, 0) is 11.2 Å². The van der Waals surface area contributed by atoms with Gasteiger partial charge in [-0.1, -0.05) is 19.9 Å². The van der Waals surface area contributed by atoms with Crippen LogP contribution < -0.4 is 5.32 Å². The van der Waals surface area contributed by atoms with Gasteiger partial charge in [0.05, 0.1) is 5.56 Å². The molecule has 1 aliphatic carbocycles. The zero-order chi connectivity index (χ0) is 14.1. The topological polar surface area (TPSA) is 38.3 Å². The fourth-order valence-electron chi connectivity index (χ4n) is 3.61. The van der Waals surface area contributed by atoms with Crippen LogP contribution in [0, 0.1) is 11.8 Å². The van der Waals surface area contributed by atoms with Gasteiger partial charge < -0.3 is 10.1 Å². The number of benzene rings is 1. The molecule has 1 aromatic rings. The molecule has 1 N–H and O–H groups in total. The van der Waals surface area contributed by atoms with Crippen LogP contribution in [-0.4, -0.2) is 18.6 Å². The Bertz CT molecular complexity index is 502.